The molecule has 1 heterocycles. The van der Waals surface area contributed by atoms with Crippen LogP contribution in [0, 0.1) is 5.82 Å². The Morgan fingerprint density at radius 3 is 2.74 bits per heavy atom. The van der Waals surface area contributed by atoms with Gasteiger partial charge in [-0.15, -0.1) is 0 Å². The van der Waals surface area contributed by atoms with Crippen molar-refractivity contribution in [2.75, 3.05) is 11.9 Å². The highest BCUT2D eigenvalue weighted by molar-refractivity contribution is 5.91. The number of fused-ring (bicyclic) bond motifs is 1. The molecule has 0 radical (unpaired) electrons. The summed E-state index contributed by atoms with van der Waals surface area (Å²) in [7, 11) is 0. The number of benzene rings is 2. The lowest BCUT2D eigenvalue weighted by Crippen LogP contribution is -2.17. The third-order valence-electron chi connectivity index (χ3n) is 3.54. The van der Waals surface area contributed by atoms with Gasteiger partial charge in [0.15, 0.2) is 0 Å². The molecule has 2 aromatic rings. The number of carbonyl (C=O) groups excluding carboxylic acids is 1. The van der Waals surface area contributed by atoms with Crippen LogP contribution in [-0.2, 0) is 11.2 Å². The Balaban J connectivity index is 1.81. The van der Waals surface area contributed by atoms with Crippen LogP contribution in [0.5, 0.6) is 0 Å². The number of anilines is 1. The monoisotopic (exact) mass is 255 g/mol. The van der Waals surface area contributed by atoms with Crippen molar-refractivity contribution in [3.05, 3.63) is 65.5 Å². The van der Waals surface area contributed by atoms with Gasteiger partial charge in [-0.25, -0.2) is 4.39 Å². The minimum absolute atomic E-state index is 0.0579. The van der Waals surface area contributed by atoms with Gasteiger partial charge in [-0.2, -0.15) is 0 Å². The fourth-order valence-electron chi connectivity index (χ4n) is 2.52. The maximum absolute atomic E-state index is 13.6. The van der Waals surface area contributed by atoms with Crippen molar-refractivity contribution < 1.29 is 9.18 Å². The summed E-state index contributed by atoms with van der Waals surface area (Å²) in [5.41, 5.74) is 2.50. The van der Waals surface area contributed by atoms with E-state index in [9.17, 15) is 9.18 Å². The van der Waals surface area contributed by atoms with Crippen LogP contribution < -0.4 is 5.32 Å². The van der Waals surface area contributed by atoms with Crippen LogP contribution in [0.15, 0.2) is 48.5 Å². The minimum Gasteiger partial charge on any atom is -0.384 e. The Labute approximate surface area is 111 Å². The lowest BCUT2D eigenvalue weighted by molar-refractivity contribution is -0.119. The normalized spacial score (nSPS) is 16.8. The molecule has 3 heteroatoms. The topological polar surface area (TPSA) is 29.1 Å². The van der Waals surface area contributed by atoms with Crippen molar-refractivity contribution in [2.24, 2.45) is 0 Å². The molecule has 1 N–H and O–H groups in total. The SMILES string of the molecule is O=C(Cc1ccccc1F)C1CNc2ccccc21. The maximum Gasteiger partial charge on any atom is 0.146 e. The lowest BCUT2D eigenvalue weighted by Gasteiger charge is -2.09. The fraction of sp³-hybridized carbons (Fsp3) is 0.188. The first-order valence-electron chi connectivity index (χ1n) is 6.34. The summed E-state index contributed by atoms with van der Waals surface area (Å²) >= 11 is 0. The van der Waals surface area contributed by atoms with E-state index in [1.54, 1.807) is 18.2 Å². The van der Waals surface area contributed by atoms with Crippen LogP contribution in [0.1, 0.15) is 17.0 Å². The zero-order valence-electron chi connectivity index (χ0n) is 10.4. The molecule has 0 aliphatic carbocycles. The molecule has 2 aromatic carbocycles. The number of Topliss-reactive ketones (excluding diaryl/α,β-unsaturated/α-hetero) is 1. The van der Waals surface area contributed by atoms with Gasteiger partial charge in [-0.1, -0.05) is 36.4 Å². The summed E-state index contributed by atoms with van der Waals surface area (Å²) in [5, 5.41) is 3.22. The molecule has 0 amide bonds. The van der Waals surface area contributed by atoms with E-state index in [4.69, 9.17) is 0 Å². The van der Waals surface area contributed by atoms with E-state index in [0.717, 1.165) is 11.3 Å². The highest BCUT2D eigenvalue weighted by Gasteiger charge is 2.28. The molecule has 0 bridgehead atoms. The van der Waals surface area contributed by atoms with Gasteiger partial charge in [0, 0.05) is 18.7 Å². The van der Waals surface area contributed by atoms with Crippen molar-refractivity contribution in [1.29, 1.82) is 0 Å². The molecule has 1 atom stereocenters. The predicted octanol–water partition coefficient (Wildman–Crippen LogP) is 3.15. The van der Waals surface area contributed by atoms with E-state index in [2.05, 4.69) is 5.32 Å². The highest BCUT2D eigenvalue weighted by atomic mass is 19.1. The van der Waals surface area contributed by atoms with E-state index in [1.807, 2.05) is 24.3 Å². The number of para-hydroxylation sites is 1. The lowest BCUT2D eigenvalue weighted by atomic mass is 9.92. The average Bonchev–Trinajstić information content (AvgIpc) is 2.85. The number of halogens is 1. The first-order chi connectivity index (χ1) is 9.25. The van der Waals surface area contributed by atoms with Crippen LogP contribution in [-0.4, -0.2) is 12.3 Å². The average molecular weight is 255 g/mol. The molecule has 2 nitrogen and oxygen atoms in total. The molecule has 0 saturated carbocycles. The standard InChI is InChI=1S/C16H14FNO/c17-14-7-3-1-5-11(14)9-16(19)13-10-18-15-8-4-2-6-12(13)15/h1-8,13,18H,9-10H2. The molecule has 0 spiro atoms. The molecule has 96 valence electrons. The minimum atomic E-state index is -0.310. The Morgan fingerprint density at radius 2 is 1.89 bits per heavy atom. The third-order valence-corrected chi connectivity index (χ3v) is 3.54. The van der Waals surface area contributed by atoms with Crippen molar-refractivity contribution in [3.8, 4) is 0 Å². The van der Waals surface area contributed by atoms with Gasteiger partial charge in [-0.3, -0.25) is 4.79 Å². The van der Waals surface area contributed by atoms with Gasteiger partial charge in [0.05, 0.1) is 5.92 Å². The quantitative estimate of drug-likeness (QED) is 0.912. The smallest absolute Gasteiger partial charge is 0.146 e. The maximum atomic E-state index is 13.6. The molecule has 0 aromatic heterocycles. The van der Waals surface area contributed by atoms with Gasteiger partial charge in [-0.05, 0) is 23.3 Å². The van der Waals surface area contributed by atoms with Crippen LogP contribution in [0.25, 0.3) is 0 Å². The summed E-state index contributed by atoms with van der Waals surface area (Å²) in [5.74, 6) is -0.423. The second-order valence-corrected chi connectivity index (χ2v) is 4.76. The number of nitrogens with one attached hydrogen (secondary N) is 1. The predicted molar refractivity (Wildman–Crippen MR) is 72.8 cm³/mol. The highest BCUT2D eigenvalue weighted by Crippen LogP contribution is 2.32. The van der Waals surface area contributed by atoms with Gasteiger partial charge >= 0.3 is 0 Å². The molecule has 1 aliphatic heterocycles. The van der Waals surface area contributed by atoms with Crippen LogP contribution in [0.4, 0.5) is 10.1 Å². The van der Waals surface area contributed by atoms with Crippen molar-refractivity contribution in [2.45, 2.75) is 12.3 Å². The summed E-state index contributed by atoms with van der Waals surface area (Å²) < 4.78 is 13.6. The number of carbonyl (C=O) groups is 1. The molecule has 0 fully saturated rings. The van der Waals surface area contributed by atoms with Crippen molar-refractivity contribution >= 4 is 11.5 Å². The van der Waals surface area contributed by atoms with E-state index >= 15 is 0 Å². The van der Waals surface area contributed by atoms with Crippen molar-refractivity contribution in [3.63, 3.8) is 0 Å². The first kappa shape index (κ1) is 11.9. The molecule has 0 saturated heterocycles. The van der Waals surface area contributed by atoms with Gasteiger partial charge in [0.25, 0.3) is 0 Å². The zero-order chi connectivity index (χ0) is 13.2. The summed E-state index contributed by atoms with van der Waals surface area (Å²) in [4.78, 5) is 12.3. The molecule has 1 aliphatic rings. The number of hydrogen-bond donors (Lipinski definition) is 1. The van der Waals surface area contributed by atoms with Crippen LogP contribution >= 0.6 is 0 Å². The second kappa shape index (κ2) is 4.84. The van der Waals surface area contributed by atoms with E-state index in [0.29, 0.717) is 12.1 Å². The zero-order valence-corrected chi connectivity index (χ0v) is 10.4. The van der Waals surface area contributed by atoms with Crippen molar-refractivity contribution in [1.82, 2.24) is 0 Å². The number of ketones is 1. The van der Waals surface area contributed by atoms with Gasteiger partial charge in [0.1, 0.15) is 11.6 Å². The Kier molecular flexibility index (Phi) is 3.03. The van der Waals surface area contributed by atoms with Crippen LogP contribution in [0.2, 0.25) is 0 Å². The molecular formula is C16H14FNO. The Morgan fingerprint density at radius 1 is 1.16 bits per heavy atom. The first-order valence-corrected chi connectivity index (χ1v) is 6.34. The van der Waals surface area contributed by atoms with E-state index in [1.165, 1.54) is 6.07 Å². The summed E-state index contributed by atoms with van der Waals surface area (Å²) in [6, 6.07) is 14.2. The number of rotatable bonds is 3. The third kappa shape index (κ3) is 2.24. The van der Waals surface area contributed by atoms with Gasteiger partial charge < -0.3 is 5.32 Å². The fourth-order valence-corrected chi connectivity index (χ4v) is 2.52. The largest absolute Gasteiger partial charge is 0.384 e. The van der Waals surface area contributed by atoms with Gasteiger partial charge in [0.2, 0.25) is 0 Å². The van der Waals surface area contributed by atoms with E-state index in [-0.39, 0.29) is 23.9 Å². The Hall–Kier alpha value is -2.16. The summed E-state index contributed by atoms with van der Waals surface area (Å²) in [6.45, 7) is 0.604. The molecule has 3 rings (SSSR count). The second-order valence-electron chi connectivity index (χ2n) is 4.76. The molecular weight excluding hydrogens is 241 g/mol. The summed E-state index contributed by atoms with van der Waals surface area (Å²) in [6.07, 6.45) is 0.146. The Bertz CT molecular complexity index is 624. The van der Waals surface area contributed by atoms with E-state index < -0.39 is 0 Å². The number of hydrogen-bond acceptors (Lipinski definition) is 2. The van der Waals surface area contributed by atoms with Crippen LogP contribution in [0.3, 0.4) is 0 Å². The molecule has 19 heavy (non-hydrogen) atoms. The molecule has 1 unspecified atom stereocenters.